The molecule has 2 amide bonds. The SMILES string of the molecule is CCCOc1c2cc(Br)cc1Cc1cc(C(=O)Nc3cccc4ccccc34)cc(c1OCCC)Cc1cc(Br)cc(c1OCCC)Cc1cc(C(=O)Nc3cccc4ccccc34)cc(c1OCCC)C2. The lowest BCUT2D eigenvalue weighted by Crippen LogP contribution is -2.16. The molecule has 8 nitrogen and oxygen atoms in total. The maximum Gasteiger partial charge on any atom is 0.255 e. The molecule has 0 unspecified atom stereocenters. The van der Waals surface area contributed by atoms with Crippen molar-refractivity contribution in [1.29, 1.82) is 0 Å². The predicted molar refractivity (Wildman–Crippen MR) is 299 cm³/mol. The average Bonchev–Trinajstić information content (AvgIpc) is 3.37. The summed E-state index contributed by atoms with van der Waals surface area (Å²) in [6.45, 7) is 10.4. The third-order valence-corrected chi connectivity index (χ3v) is 13.7. The van der Waals surface area contributed by atoms with Gasteiger partial charge in [-0.15, -0.1) is 0 Å². The molecule has 0 radical (unpaired) electrons. The van der Waals surface area contributed by atoms with Crippen molar-refractivity contribution in [3.05, 3.63) is 198 Å². The van der Waals surface area contributed by atoms with E-state index in [1.807, 2.05) is 109 Å². The van der Waals surface area contributed by atoms with Crippen LogP contribution in [0.1, 0.15) is 119 Å². The summed E-state index contributed by atoms with van der Waals surface area (Å²) in [7, 11) is 0. The van der Waals surface area contributed by atoms with Gasteiger partial charge >= 0.3 is 0 Å². The molecule has 0 heterocycles. The van der Waals surface area contributed by atoms with Crippen molar-refractivity contribution in [2.24, 2.45) is 0 Å². The monoisotopic (exact) mass is 1090 g/mol. The molecule has 10 heteroatoms. The summed E-state index contributed by atoms with van der Waals surface area (Å²) in [5.74, 6) is 2.52. The zero-order valence-corrected chi connectivity index (χ0v) is 44.6. The Balaban J connectivity index is 1.27. The molecular formula is C62H60Br2N2O6. The number of hydrogen-bond donors (Lipinski definition) is 2. The van der Waals surface area contributed by atoms with Crippen molar-refractivity contribution in [3.63, 3.8) is 0 Å². The molecule has 8 aromatic rings. The number of nitrogens with one attached hydrogen (secondary N) is 2. The molecule has 0 saturated heterocycles. The minimum absolute atomic E-state index is 0.224. The minimum atomic E-state index is -0.224. The van der Waals surface area contributed by atoms with Crippen LogP contribution in [-0.4, -0.2) is 38.2 Å². The Labute approximate surface area is 439 Å². The van der Waals surface area contributed by atoms with E-state index in [9.17, 15) is 9.59 Å². The molecule has 368 valence electrons. The fourth-order valence-electron chi connectivity index (χ4n) is 9.68. The second-order valence-corrected chi connectivity index (χ2v) is 20.2. The first-order chi connectivity index (χ1) is 35.1. The predicted octanol–water partition coefficient (Wildman–Crippen LogP) is 15.9. The van der Waals surface area contributed by atoms with E-state index in [-0.39, 0.29) is 11.8 Å². The Morgan fingerprint density at radius 1 is 0.403 bits per heavy atom. The van der Waals surface area contributed by atoms with Crippen LogP contribution in [0.25, 0.3) is 21.5 Å². The fourth-order valence-corrected chi connectivity index (χ4v) is 10.8. The molecule has 8 bridgehead atoms. The van der Waals surface area contributed by atoms with Gasteiger partial charge in [-0.05, 0) is 119 Å². The summed E-state index contributed by atoms with van der Waals surface area (Å²) < 4.78 is 29.0. The van der Waals surface area contributed by atoms with Gasteiger partial charge in [0, 0.05) is 90.2 Å². The number of anilines is 2. The van der Waals surface area contributed by atoms with Gasteiger partial charge in [0.2, 0.25) is 0 Å². The average molecular weight is 1090 g/mol. The van der Waals surface area contributed by atoms with E-state index in [0.29, 0.717) is 63.2 Å². The van der Waals surface area contributed by atoms with E-state index in [1.54, 1.807) is 0 Å². The topological polar surface area (TPSA) is 95.1 Å². The summed E-state index contributed by atoms with van der Waals surface area (Å²) in [4.78, 5) is 29.5. The van der Waals surface area contributed by atoms with Crippen molar-refractivity contribution in [2.45, 2.75) is 79.1 Å². The molecule has 0 aromatic heterocycles. The van der Waals surface area contributed by atoms with Crippen molar-refractivity contribution >= 4 is 76.6 Å². The number of carbonyl (C=O) groups excluding carboxylic acids is 2. The first-order valence-electron chi connectivity index (χ1n) is 25.2. The number of rotatable bonds is 16. The van der Waals surface area contributed by atoms with Crippen LogP contribution in [0.5, 0.6) is 23.0 Å². The second-order valence-electron chi connectivity index (χ2n) is 18.4. The first kappa shape index (κ1) is 50.3. The van der Waals surface area contributed by atoms with Gasteiger partial charge < -0.3 is 29.6 Å². The molecular weight excluding hydrogens is 1030 g/mol. The molecule has 0 fully saturated rings. The maximum atomic E-state index is 14.7. The van der Waals surface area contributed by atoms with Crippen LogP contribution < -0.4 is 29.6 Å². The second kappa shape index (κ2) is 23.3. The Kier molecular flexibility index (Phi) is 16.3. The largest absolute Gasteiger partial charge is 0.493 e. The van der Waals surface area contributed by atoms with E-state index in [4.69, 9.17) is 18.9 Å². The van der Waals surface area contributed by atoms with Gasteiger partial charge in [0.05, 0.1) is 26.4 Å². The van der Waals surface area contributed by atoms with Gasteiger partial charge in [0.15, 0.2) is 0 Å². The lowest BCUT2D eigenvalue weighted by molar-refractivity contribution is 0.101. The molecule has 1 aliphatic carbocycles. The smallest absolute Gasteiger partial charge is 0.255 e. The van der Waals surface area contributed by atoms with Gasteiger partial charge in [-0.25, -0.2) is 0 Å². The number of ether oxygens (including phenoxy) is 4. The third-order valence-electron chi connectivity index (χ3n) is 12.8. The summed E-state index contributed by atoms with van der Waals surface area (Å²) in [6.07, 6.45) is 4.76. The third kappa shape index (κ3) is 11.4. The van der Waals surface area contributed by atoms with E-state index >= 15 is 0 Å². The van der Waals surface area contributed by atoms with Crippen molar-refractivity contribution < 1.29 is 28.5 Å². The molecule has 0 saturated carbocycles. The summed E-state index contributed by atoms with van der Waals surface area (Å²) >= 11 is 7.82. The standard InChI is InChI=1S/C62H60Br2N2O6/c1-5-23-69-57-41-27-45-35-51(63)37-47(59(45)71-25-7-3)29-43-33-50(62(68)66-56-22-14-18-40-16-10-12-20-54(40)56)34-44(58(43)70-24-6-2)30-48-38-52(64)36-46(60(48)72-26-8-4)28-42(57)32-49(31-41)61(67)65-55-21-13-17-39-15-9-11-19-53(39)55/h9-22,31-38H,5-8,23-30H2,1-4H3,(H,65,67)(H,66,68). The van der Waals surface area contributed by atoms with E-state index < -0.39 is 0 Å². The van der Waals surface area contributed by atoms with Crippen molar-refractivity contribution in [2.75, 3.05) is 37.1 Å². The summed E-state index contributed by atoms with van der Waals surface area (Å²) in [5, 5.41) is 10.5. The van der Waals surface area contributed by atoms with Crippen molar-refractivity contribution in [3.8, 4) is 23.0 Å². The summed E-state index contributed by atoms with van der Waals surface area (Å²) in [5.41, 5.74) is 9.63. The van der Waals surface area contributed by atoms with Gasteiger partial charge in [0.1, 0.15) is 23.0 Å². The molecule has 2 N–H and O–H groups in total. The highest BCUT2D eigenvalue weighted by molar-refractivity contribution is 9.10. The number of fused-ring (bicyclic) bond motifs is 10. The van der Waals surface area contributed by atoms with Crippen LogP contribution in [0.2, 0.25) is 0 Å². The fraction of sp³-hybridized carbons (Fsp3) is 0.258. The zero-order valence-electron chi connectivity index (χ0n) is 41.4. The molecule has 72 heavy (non-hydrogen) atoms. The normalized spacial score (nSPS) is 12.1. The number of halogens is 2. The quantitative estimate of drug-likeness (QED) is 0.100. The van der Waals surface area contributed by atoms with E-state index in [0.717, 1.165) is 135 Å². The lowest BCUT2D eigenvalue weighted by Gasteiger charge is -2.24. The van der Waals surface area contributed by atoms with Crippen molar-refractivity contribution in [1.82, 2.24) is 0 Å². The van der Waals surface area contributed by atoms with Crippen LogP contribution >= 0.6 is 31.9 Å². The Hall–Kier alpha value is -6.62. The lowest BCUT2D eigenvalue weighted by atomic mass is 9.89. The van der Waals surface area contributed by atoms with Crippen LogP contribution in [-0.2, 0) is 25.7 Å². The van der Waals surface area contributed by atoms with E-state index in [1.165, 1.54) is 0 Å². The highest BCUT2D eigenvalue weighted by atomic mass is 79.9. The molecule has 9 rings (SSSR count). The minimum Gasteiger partial charge on any atom is -0.493 e. The Bertz CT molecular complexity index is 2970. The van der Waals surface area contributed by atoms with Crippen LogP contribution in [0.4, 0.5) is 11.4 Å². The molecule has 0 spiro atoms. The van der Waals surface area contributed by atoms with E-state index in [2.05, 4.69) is 94.5 Å². The van der Waals surface area contributed by atoms with Gasteiger partial charge in [0.25, 0.3) is 11.8 Å². The molecule has 0 atom stereocenters. The van der Waals surface area contributed by atoms with Gasteiger partial charge in [-0.1, -0.05) is 132 Å². The number of hydrogen-bond acceptors (Lipinski definition) is 6. The number of amides is 2. The zero-order chi connectivity index (χ0) is 50.1. The Morgan fingerprint density at radius 3 is 0.986 bits per heavy atom. The first-order valence-corrected chi connectivity index (χ1v) is 26.8. The van der Waals surface area contributed by atoms with Crippen LogP contribution in [0.15, 0.2) is 142 Å². The van der Waals surface area contributed by atoms with Gasteiger partial charge in [-0.3, -0.25) is 9.59 Å². The Morgan fingerprint density at radius 2 is 0.681 bits per heavy atom. The highest BCUT2D eigenvalue weighted by Crippen LogP contribution is 2.42. The highest BCUT2D eigenvalue weighted by Gasteiger charge is 2.26. The van der Waals surface area contributed by atoms with Crippen LogP contribution in [0, 0.1) is 0 Å². The number of carbonyl (C=O) groups is 2. The molecule has 8 aromatic carbocycles. The maximum absolute atomic E-state index is 14.7. The molecule has 0 aliphatic heterocycles. The van der Waals surface area contributed by atoms with Gasteiger partial charge in [-0.2, -0.15) is 0 Å². The summed E-state index contributed by atoms with van der Waals surface area (Å²) in [6, 6.07) is 44.4. The molecule has 1 aliphatic rings. The van der Waals surface area contributed by atoms with Crippen LogP contribution in [0.3, 0.4) is 0 Å². The number of benzene rings is 8.